The van der Waals surface area contributed by atoms with E-state index >= 15 is 0 Å². The molecule has 0 aromatic heterocycles. The predicted molar refractivity (Wildman–Crippen MR) is 77.3 cm³/mol. The first-order chi connectivity index (χ1) is 9.49. The lowest BCUT2D eigenvalue weighted by Crippen LogP contribution is -2.39. The number of hydrogen-bond acceptors (Lipinski definition) is 2. The molecule has 1 N–H and O–H groups in total. The van der Waals surface area contributed by atoms with Gasteiger partial charge in [0.25, 0.3) is 0 Å². The molecule has 2 rings (SSSR count). The molecule has 1 heterocycles. The summed E-state index contributed by atoms with van der Waals surface area (Å²) in [4.78, 5) is 25.7. The van der Waals surface area contributed by atoms with Gasteiger partial charge in [0, 0.05) is 18.5 Å². The van der Waals surface area contributed by atoms with E-state index < -0.39 is 5.97 Å². The molecule has 1 amide bonds. The van der Waals surface area contributed by atoms with Crippen LogP contribution in [0.2, 0.25) is 0 Å². The van der Waals surface area contributed by atoms with Gasteiger partial charge in [-0.1, -0.05) is 13.8 Å². The molecule has 2 aliphatic rings. The van der Waals surface area contributed by atoms with E-state index in [0.717, 1.165) is 38.6 Å². The van der Waals surface area contributed by atoms with Gasteiger partial charge in [-0.3, -0.25) is 9.59 Å². The summed E-state index contributed by atoms with van der Waals surface area (Å²) in [5.41, 5.74) is 0. The number of likely N-dealkylation sites (tertiary alicyclic amines) is 1. The van der Waals surface area contributed by atoms with Crippen LogP contribution in [0.5, 0.6) is 0 Å². The minimum absolute atomic E-state index is 0.0456. The highest BCUT2D eigenvalue weighted by Gasteiger charge is 2.38. The predicted octanol–water partition coefficient (Wildman–Crippen LogP) is 2.91. The van der Waals surface area contributed by atoms with E-state index in [1.807, 2.05) is 0 Å². The smallest absolute Gasteiger partial charge is 0.306 e. The molecule has 0 bridgehead atoms. The van der Waals surface area contributed by atoms with E-state index in [4.69, 9.17) is 5.11 Å². The number of rotatable bonds is 5. The zero-order valence-corrected chi connectivity index (χ0v) is 12.7. The fourth-order valence-corrected chi connectivity index (χ4v) is 3.62. The highest BCUT2D eigenvalue weighted by Crippen LogP contribution is 2.34. The average Bonchev–Trinajstić information content (AvgIpc) is 3.04. The Morgan fingerprint density at radius 2 is 1.90 bits per heavy atom. The van der Waals surface area contributed by atoms with Crippen molar-refractivity contribution in [2.75, 3.05) is 6.54 Å². The molecule has 0 aromatic rings. The molecule has 2 fully saturated rings. The molecule has 114 valence electrons. The summed E-state index contributed by atoms with van der Waals surface area (Å²) in [5.74, 6) is -0.190. The van der Waals surface area contributed by atoms with Gasteiger partial charge in [-0.25, -0.2) is 0 Å². The van der Waals surface area contributed by atoms with Crippen molar-refractivity contribution in [1.82, 2.24) is 4.90 Å². The Balaban J connectivity index is 1.89. The van der Waals surface area contributed by atoms with Crippen LogP contribution in [0, 0.1) is 17.8 Å². The number of aliphatic carboxylic acids is 1. The van der Waals surface area contributed by atoms with Crippen molar-refractivity contribution >= 4 is 11.9 Å². The van der Waals surface area contributed by atoms with E-state index in [2.05, 4.69) is 18.7 Å². The number of nitrogens with zero attached hydrogens (tertiary/aromatic N) is 1. The monoisotopic (exact) mass is 281 g/mol. The SMILES string of the molecule is CC(C)CCC1CCCN1C(=O)[C@@H]1CC[C@H](C(=O)O)C1. The molecular weight excluding hydrogens is 254 g/mol. The number of carbonyl (C=O) groups excluding carboxylic acids is 1. The fourth-order valence-electron chi connectivity index (χ4n) is 3.62. The van der Waals surface area contributed by atoms with Crippen molar-refractivity contribution in [3.63, 3.8) is 0 Å². The van der Waals surface area contributed by atoms with Gasteiger partial charge in [-0.2, -0.15) is 0 Å². The van der Waals surface area contributed by atoms with E-state index in [1.54, 1.807) is 0 Å². The standard InChI is InChI=1S/C16H27NO3/c1-11(2)5-8-14-4-3-9-17(14)15(18)12-6-7-13(10-12)16(19)20/h11-14H,3-10H2,1-2H3,(H,19,20)/t12-,13+,14?/m1/s1. The molecule has 3 atom stereocenters. The molecule has 1 aliphatic carbocycles. The van der Waals surface area contributed by atoms with Gasteiger partial charge in [-0.15, -0.1) is 0 Å². The second-order valence-corrected chi connectivity index (χ2v) is 6.84. The normalized spacial score (nSPS) is 30.1. The van der Waals surface area contributed by atoms with Crippen molar-refractivity contribution in [2.24, 2.45) is 17.8 Å². The highest BCUT2D eigenvalue weighted by atomic mass is 16.4. The van der Waals surface area contributed by atoms with Crippen LogP contribution in [0.3, 0.4) is 0 Å². The maximum Gasteiger partial charge on any atom is 0.306 e. The molecule has 4 nitrogen and oxygen atoms in total. The van der Waals surface area contributed by atoms with Crippen molar-refractivity contribution in [1.29, 1.82) is 0 Å². The first kappa shape index (κ1) is 15.3. The van der Waals surface area contributed by atoms with Crippen molar-refractivity contribution < 1.29 is 14.7 Å². The number of amides is 1. The number of carboxylic acid groups (broad SMARTS) is 1. The summed E-state index contributed by atoms with van der Waals surface area (Å²) >= 11 is 0. The van der Waals surface area contributed by atoms with E-state index in [0.29, 0.717) is 24.8 Å². The van der Waals surface area contributed by atoms with Gasteiger partial charge >= 0.3 is 5.97 Å². The third-order valence-electron chi connectivity index (χ3n) is 4.87. The Bertz CT molecular complexity index is 367. The van der Waals surface area contributed by atoms with E-state index in [-0.39, 0.29) is 17.7 Å². The molecular formula is C16H27NO3. The second-order valence-electron chi connectivity index (χ2n) is 6.84. The maximum absolute atomic E-state index is 12.6. The summed E-state index contributed by atoms with van der Waals surface area (Å²) in [6, 6.07) is 0.397. The summed E-state index contributed by atoms with van der Waals surface area (Å²) < 4.78 is 0. The van der Waals surface area contributed by atoms with Crippen LogP contribution in [-0.2, 0) is 9.59 Å². The topological polar surface area (TPSA) is 57.6 Å². The Labute approximate surface area is 121 Å². The Hall–Kier alpha value is -1.06. The number of carbonyl (C=O) groups is 2. The third kappa shape index (κ3) is 3.53. The zero-order chi connectivity index (χ0) is 14.7. The molecule has 0 radical (unpaired) electrons. The van der Waals surface area contributed by atoms with Crippen LogP contribution in [-0.4, -0.2) is 34.5 Å². The van der Waals surface area contributed by atoms with Crippen molar-refractivity contribution in [3.05, 3.63) is 0 Å². The first-order valence-corrected chi connectivity index (χ1v) is 8.02. The summed E-state index contributed by atoms with van der Waals surface area (Å²) in [5, 5.41) is 9.05. The van der Waals surface area contributed by atoms with E-state index in [1.165, 1.54) is 0 Å². The van der Waals surface area contributed by atoms with Gasteiger partial charge in [-0.05, 0) is 50.9 Å². The molecule has 1 saturated carbocycles. The average molecular weight is 281 g/mol. The van der Waals surface area contributed by atoms with Crippen LogP contribution in [0.25, 0.3) is 0 Å². The summed E-state index contributed by atoms with van der Waals surface area (Å²) in [6.07, 6.45) is 6.44. The maximum atomic E-state index is 12.6. The van der Waals surface area contributed by atoms with Crippen molar-refractivity contribution in [3.8, 4) is 0 Å². The molecule has 0 aromatic carbocycles. The van der Waals surface area contributed by atoms with Crippen molar-refractivity contribution in [2.45, 2.75) is 64.8 Å². The lowest BCUT2D eigenvalue weighted by molar-refractivity contribution is -0.141. The summed E-state index contributed by atoms with van der Waals surface area (Å²) in [6.45, 7) is 5.31. The third-order valence-corrected chi connectivity index (χ3v) is 4.87. The van der Waals surface area contributed by atoms with Crippen LogP contribution in [0.15, 0.2) is 0 Å². The largest absolute Gasteiger partial charge is 0.481 e. The molecule has 1 aliphatic heterocycles. The Morgan fingerprint density at radius 3 is 2.50 bits per heavy atom. The van der Waals surface area contributed by atoms with Gasteiger partial charge in [0.15, 0.2) is 0 Å². The fraction of sp³-hybridized carbons (Fsp3) is 0.875. The first-order valence-electron chi connectivity index (χ1n) is 8.02. The number of carboxylic acids is 1. The van der Waals surface area contributed by atoms with Gasteiger partial charge < -0.3 is 10.0 Å². The minimum Gasteiger partial charge on any atom is -0.481 e. The van der Waals surface area contributed by atoms with Crippen LogP contribution >= 0.6 is 0 Å². The van der Waals surface area contributed by atoms with Crippen LogP contribution in [0.1, 0.15) is 58.8 Å². The van der Waals surface area contributed by atoms with Crippen LogP contribution in [0.4, 0.5) is 0 Å². The molecule has 4 heteroatoms. The second kappa shape index (κ2) is 6.59. The number of hydrogen-bond donors (Lipinski definition) is 1. The highest BCUT2D eigenvalue weighted by molar-refractivity contribution is 5.81. The quantitative estimate of drug-likeness (QED) is 0.843. The van der Waals surface area contributed by atoms with Gasteiger partial charge in [0.2, 0.25) is 5.91 Å². The zero-order valence-electron chi connectivity index (χ0n) is 12.7. The van der Waals surface area contributed by atoms with Gasteiger partial charge in [0.05, 0.1) is 5.92 Å². The minimum atomic E-state index is -0.738. The molecule has 20 heavy (non-hydrogen) atoms. The van der Waals surface area contributed by atoms with Crippen LogP contribution < -0.4 is 0 Å². The Kier molecular flexibility index (Phi) is 5.06. The Morgan fingerprint density at radius 1 is 1.20 bits per heavy atom. The molecule has 1 unspecified atom stereocenters. The van der Waals surface area contributed by atoms with Gasteiger partial charge in [0.1, 0.15) is 0 Å². The van der Waals surface area contributed by atoms with E-state index in [9.17, 15) is 9.59 Å². The lowest BCUT2D eigenvalue weighted by atomic mass is 9.99. The summed E-state index contributed by atoms with van der Waals surface area (Å²) in [7, 11) is 0. The molecule has 0 spiro atoms. The molecule has 1 saturated heterocycles. The lowest BCUT2D eigenvalue weighted by Gasteiger charge is -2.28.